The topological polar surface area (TPSA) is 70.3 Å². The summed E-state index contributed by atoms with van der Waals surface area (Å²) < 4.78 is 7.78. The molecule has 0 aliphatic heterocycles. The zero-order valence-corrected chi connectivity index (χ0v) is 19.2. The molecule has 0 spiro atoms. The van der Waals surface area contributed by atoms with E-state index in [4.69, 9.17) is 4.74 Å². The summed E-state index contributed by atoms with van der Waals surface area (Å²) in [5.41, 5.74) is 6.27. The maximum Gasteiger partial charge on any atom is 0.264 e. The molecule has 1 N–H and O–H groups in total. The minimum absolute atomic E-state index is 0.231. The van der Waals surface area contributed by atoms with Crippen LogP contribution in [0.5, 0.6) is 11.6 Å². The first-order valence-corrected chi connectivity index (χ1v) is 11.1. The van der Waals surface area contributed by atoms with Crippen LogP contribution in [0.25, 0.3) is 28.0 Å². The molecule has 2 heterocycles. The van der Waals surface area contributed by atoms with Gasteiger partial charge in [0.05, 0.1) is 11.3 Å². The minimum Gasteiger partial charge on any atom is -0.440 e. The predicted molar refractivity (Wildman–Crippen MR) is 134 cm³/mol. The second-order valence-corrected chi connectivity index (χ2v) is 8.43. The lowest BCUT2D eigenvalue weighted by atomic mass is 10.0. The number of nitriles is 1. The van der Waals surface area contributed by atoms with Gasteiger partial charge in [-0.2, -0.15) is 5.26 Å². The molecule has 0 aliphatic rings. The van der Waals surface area contributed by atoms with Crippen molar-refractivity contribution in [3.8, 4) is 40.1 Å². The van der Waals surface area contributed by atoms with Crippen molar-refractivity contribution in [1.29, 1.82) is 5.26 Å². The van der Waals surface area contributed by atoms with Gasteiger partial charge in [-0.25, -0.2) is 4.40 Å². The molecular formula is C29H23N3O2. The number of ether oxygens (including phenoxy) is 1. The van der Waals surface area contributed by atoms with E-state index in [0.717, 1.165) is 22.3 Å². The zero-order chi connectivity index (χ0) is 23.8. The summed E-state index contributed by atoms with van der Waals surface area (Å²) in [7, 11) is 0. The van der Waals surface area contributed by atoms with Gasteiger partial charge in [0.15, 0.2) is 0 Å². The normalized spacial score (nSPS) is 10.9. The van der Waals surface area contributed by atoms with Gasteiger partial charge in [0.1, 0.15) is 23.0 Å². The molecule has 0 saturated carbocycles. The number of benzene rings is 3. The van der Waals surface area contributed by atoms with Gasteiger partial charge in [0.2, 0.25) is 5.88 Å². The zero-order valence-electron chi connectivity index (χ0n) is 19.2. The first-order chi connectivity index (χ1) is 16.5. The first-order valence-electron chi connectivity index (χ1n) is 11.1. The number of aryl methyl sites for hydroxylation is 2. The van der Waals surface area contributed by atoms with Crippen LogP contribution in [0.15, 0.2) is 83.7 Å². The highest BCUT2D eigenvalue weighted by Crippen LogP contribution is 2.40. The van der Waals surface area contributed by atoms with E-state index in [9.17, 15) is 10.1 Å². The van der Waals surface area contributed by atoms with Crippen LogP contribution < -0.4 is 10.3 Å². The molecule has 34 heavy (non-hydrogen) atoms. The summed E-state index contributed by atoms with van der Waals surface area (Å²) in [6, 6.07) is 27.4. The smallest absolute Gasteiger partial charge is 0.264 e. The Morgan fingerprint density at radius 3 is 2.06 bits per heavy atom. The summed E-state index contributed by atoms with van der Waals surface area (Å²) in [6.07, 6.45) is 0. The number of fused-ring (bicyclic) bond motifs is 1. The summed E-state index contributed by atoms with van der Waals surface area (Å²) in [6.45, 7) is 5.81. The van der Waals surface area contributed by atoms with Crippen LogP contribution >= 0.6 is 0 Å². The fourth-order valence-corrected chi connectivity index (χ4v) is 4.15. The van der Waals surface area contributed by atoms with Gasteiger partial charge in [-0.15, -0.1) is 0 Å². The highest BCUT2D eigenvalue weighted by atomic mass is 16.5. The van der Waals surface area contributed by atoms with Crippen LogP contribution in [0.1, 0.15) is 22.3 Å². The molecular weight excluding hydrogens is 422 g/mol. The van der Waals surface area contributed by atoms with E-state index in [-0.39, 0.29) is 5.56 Å². The summed E-state index contributed by atoms with van der Waals surface area (Å²) in [4.78, 5) is 17.1. The van der Waals surface area contributed by atoms with Crippen molar-refractivity contribution >= 4 is 5.65 Å². The number of nitrogens with one attached hydrogen (secondary N) is 1. The molecule has 5 heteroatoms. The third-order valence-corrected chi connectivity index (χ3v) is 6.02. The molecule has 0 unspecified atom stereocenters. The lowest BCUT2D eigenvalue weighted by Crippen LogP contribution is -2.18. The molecule has 2 aromatic heterocycles. The van der Waals surface area contributed by atoms with Crippen LogP contribution in [-0.4, -0.2) is 9.38 Å². The third kappa shape index (κ3) is 3.56. The molecule has 0 radical (unpaired) electrons. The molecule has 166 valence electrons. The third-order valence-electron chi connectivity index (χ3n) is 6.02. The van der Waals surface area contributed by atoms with E-state index in [2.05, 4.69) is 11.1 Å². The highest BCUT2D eigenvalue weighted by molar-refractivity contribution is 5.85. The number of H-pyrrole nitrogens is 1. The number of hydrogen-bond acceptors (Lipinski definition) is 3. The van der Waals surface area contributed by atoms with Crippen molar-refractivity contribution in [3.05, 3.63) is 111 Å². The fourth-order valence-electron chi connectivity index (χ4n) is 4.15. The molecule has 5 rings (SSSR count). The van der Waals surface area contributed by atoms with Gasteiger partial charge in [0, 0.05) is 5.56 Å². The van der Waals surface area contributed by atoms with Gasteiger partial charge in [-0.1, -0.05) is 77.9 Å². The predicted octanol–water partition coefficient (Wildman–Crippen LogP) is 6.55. The fraction of sp³-hybridized carbons (Fsp3) is 0.103. The molecule has 5 nitrogen and oxygen atoms in total. The molecule has 0 fully saturated rings. The molecule has 0 bridgehead atoms. The van der Waals surface area contributed by atoms with Crippen molar-refractivity contribution in [2.24, 2.45) is 0 Å². The van der Waals surface area contributed by atoms with Crippen molar-refractivity contribution < 1.29 is 4.74 Å². The Bertz CT molecular complexity index is 1600. The Balaban J connectivity index is 1.85. The van der Waals surface area contributed by atoms with E-state index in [0.29, 0.717) is 39.7 Å². The van der Waals surface area contributed by atoms with Crippen LogP contribution in [0, 0.1) is 32.1 Å². The van der Waals surface area contributed by atoms with Gasteiger partial charge in [-0.3, -0.25) is 4.79 Å². The molecule has 5 aromatic rings. The van der Waals surface area contributed by atoms with Crippen molar-refractivity contribution in [1.82, 2.24) is 9.38 Å². The van der Waals surface area contributed by atoms with Gasteiger partial charge >= 0.3 is 0 Å². The van der Waals surface area contributed by atoms with Crippen LogP contribution in [0.2, 0.25) is 0 Å². The van der Waals surface area contributed by atoms with Gasteiger partial charge < -0.3 is 9.72 Å². The lowest BCUT2D eigenvalue weighted by Gasteiger charge is -2.11. The maximum absolute atomic E-state index is 13.7. The second-order valence-electron chi connectivity index (χ2n) is 8.43. The number of hydrogen-bond donors (Lipinski definition) is 1. The molecule has 0 amide bonds. The Morgan fingerprint density at radius 1 is 0.824 bits per heavy atom. The Morgan fingerprint density at radius 2 is 1.44 bits per heavy atom. The first kappa shape index (κ1) is 21.3. The molecule has 0 atom stereocenters. The van der Waals surface area contributed by atoms with E-state index in [1.165, 1.54) is 4.40 Å². The number of nitrogens with zero attached hydrogens (tertiary/aromatic N) is 2. The minimum atomic E-state index is -0.231. The standard InChI is InChI=1S/C29H23N3O2/c1-18-9-13-22(14-10-18)26-20(3)28(33)32-27(31-26)24(17-30)25(21-7-5-4-6-8-21)29(32)34-23-15-11-19(2)12-16-23/h4-16,31H,1-3H3. The SMILES string of the molecule is Cc1ccc(Oc2c(-c3ccccc3)c(C#N)c3[nH]c(-c4ccc(C)cc4)c(C)c(=O)n23)cc1. The average Bonchev–Trinajstić information content (AvgIpc) is 3.17. The molecule has 0 saturated heterocycles. The molecule has 3 aromatic carbocycles. The van der Waals surface area contributed by atoms with Crippen molar-refractivity contribution in [2.45, 2.75) is 20.8 Å². The average molecular weight is 446 g/mol. The van der Waals surface area contributed by atoms with Gasteiger partial charge in [-0.05, 0) is 44.0 Å². The largest absolute Gasteiger partial charge is 0.440 e. The molecule has 0 aliphatic carbocycles. The van der Waals surface area contributed by atoms with E-state index >= 15 is 0 Å². The Hall–Kier alpha value is -4.56. The van der Waals surface area contributed by atoms with E-state index in [1.807, 2.05) is 92.7 Å². The van der Waals surface area contributed by atoms with E-state index in [1.54, 1.807) is 6.92 Å². The summed E-state index contributed by atoms with van der Waals surface area (Å²) in [5, 5.41) is 10.2. The summed E-state index contributed by atoms with van der Waals surface area (Å²) >= 11 is 0. The Labute approximate surface area is 197 Å². The second kappa shape index (κ2) is 8.42. The van der Waals surface area contributed by atoms with Crippen molar-refractivity contribution in [2.75, 3.05) is 0 Å². The van der Waals surface area contributed by atoms with Gasteiger partial charge in [0.25, 0.3) is 5.56 Å². The number of aromatic nitrogens is 2. The van der Waals surface area contributed by atoms with E-state index < -0.39 is 0 Å². The van der Waals surface area contributed by atoms with Crippen LogP contribution in [0.4, 0.5) is 0 Å². The maximum atomic E-state index is 13.7. The van der Waals surface area contributed by atoms with Crippen LogP contribution in [0.3, 0.4) is 0 Å². The highest BCUT2D eigenvalue weighted by Gasteiger charge is 2.26. The summed E-state index contributed by atoms with van der Waals surface area (Å²) in [5.74, 6) is 0.910. The lowest BCUT2D eigenvalue weighted by molar-refractivity contribution is 0.458. The van der Waals surface area contributed by atoms with Crippen LogP contribution in [-0.2, 0) is 0 Å². The number of aromatic amines is 1. The quantitative estimate of drug-likeness (QED) is 0.341. The Kier molecular flexibility index (Phi) is 5.27. The number of rotatable bonds is 4. The monoisotopic (exact) mass is 445 g/mol. The van der Waals surface area contributed by atoms with Crippen molar-refractivity contribution in [3.63, 3.8) is 0 Å².